The molecule has 2 aliphatic rings. The van der Waals surface area contributed by atoms with Crippen molar-refractivity contribution in [3.8, 4) is 0 Å². The molecule has 3 rings (SSSR count). The summed E-state index contributed by atoms with van der Waals surface area (Å²) in [4.78, 5) is 14.9. The molecule has 0 spiro atoms. The Morgan fingerprint density at radius 3 is 2.35 bits per heavy atom. The van der Waals surface area contributed by atoms with Crippen LogP contribution in [0.2, 0.25) is 0 Å². The topological polar surface area (TPSA) is 20.3 Å². The minimum Gasteiger partial charge on any atom is -0.300 e. The molecular weight excluding hydrogens is 310 g/mol. The number of halogens is 4. The fourth-order valence-electron chi connectivity index (χ4n) is 4.02. The van der Waals surface area contributed by atoms with Gasteiger partial charge in [0.25, 0.3) is 0 Å². The van der Waals surface area contributed by atoms with Crippen molar-refractivity contribution in [2.45, 2.75) is 50.4 Å². The zero-order chi connectivity index (χ0) is 16.8. The monoisotopic (exact) mass is 329 g/mol. The Morgan fingerprint density at radius 1 is 1.17 bits per heavy atom. The number of benzene rings is 1. The van der Waals surface area contributed by atoms with Crippen LogP contribution in [-0.2, 0) is 6.18 Å². The molecule has 0 aliphatic carbocycles. The van der Waals surface area contributed by atoms with Gasteiger partial charge in [-0.05, 0) is 50.9 Å². The van der Waals surface area contributed by atoms with Gasteiger partial charge in [-0.25, -0.2) is 4.39 Å². The van der Waals surface area contributed by atoms with Crippen LogP contribution in [0.15, 0.2) is 18.2 Å². The van der Waals surface area contributed by atoms with Crippen LogP contribution < -0.4 is 0 Å². The van der Waals surface area contributed by atoms with Crippen LogP contribution in [0.4, 0.5) is 17.6 Å². The van der Waals surface area contributed by atoms with Gasteiger partial charge >= 0.3 is 6.18 Å². The highest BCUT2D eigenvalue weighted by Gasteiger charge is 2.42. The first kappa shape index (κ1) is 16.4. The van der Waals surface area contributed by atoms with E-state index in [1.54, 1.807) is 0 Å². The number of hydrogen-bond acceptors (Lipinski definition) is 2. The Hall–Kier alpha value is -1.43. The van der Waals surface area contributed by atoms with Gasteiger partial charge < -0.3 is 4.90 Å². The van der Waals surface area contributed by atoms with Gasteiger partial charge in [0.05, 0.1) is 5.56 Å². The molecule has 0 aromatic heterocycles. The second-order valence-electron chi connectivity index (χ2n) is 6.62. The maximum absolute atomic E-state index is 13.2. The molecule has 1 aromatic rings. The predicted molar refractivity (Wildman–Crippen MR) is 77.6 cm³/mol. The lowest BCUT2D eigenvalue weighted by Gasteiger charge is -2.46. The van der Waals surface area contributed by atoms with Gasteiger partial charge in [-0.2, -0.15) is 13.2 Å². The van der Waals surface area contributed by atoms with Crippen molar-refractivity contribution >= 4 is 5.78 Å². The van der Waals surface area contributed by atoms with Gasteiger partial charge in [-0.1, -0.05) is 6.42 Å². The summed E-state index contributed by atoms with van der Waals surface area (Å²) in [7, 11) is 2.02. The third kappa shape index (κ3) is 3.13. The standard InChI is InChI=1S/C17H19F4NO/c1-22-12-3-2-4-13(22)8-10(7-12)16(23)14-6-5-11(18)9-15(14)17(19,20)21/h5-6,9-10,12-13H,2-4,7-8H2,1H3. The van der Waals surface area contributed by atoms with Gasteiger partial charge in [0.1, 0.15) is 5.82 Å². The zero-order valence-corrected chi connectivity index (χ0v) is 12.9. The third-order valence-corrected chi connectivity index (χ3v) is 5.26. The molecule has 1 aromatic carbocycles. The molecular formula is C17H19F4NO. The van der Waals surface area contributed by atoms with Gasteiger partial charge in [-0.15, -0.1) is 0 Å². The molecule has 2 fully saturated rings. The quantitative estimate of drug-likeness (QED) is 0.596. The number of piperidine rings is 2. The fourth-order valence-corrected chi connectivity index (χ4v) is 4.02. The highest BCUT2D eigenvalue weighted by molar-refractivity contribution is 5.99. The smallest absolute Gasteiger partial charge is 0.300 e. The van der Waals surface area contributed by atoms with E-state index in [0.29, 0.717) is 18.9 Å². The number of fused-ring (bicyclic) bond motifs is 2. The van der Waals surface area contributed by atoms with Crippen LogP contribution >= 0.6 is 0 Å². The Balaban J connectivity index is 1.89. The van der Waals surface area contributed by atoms with Gasteiger partial charge in [0.15, 0.2) is 5.78 Å². The first-order valence-electron chi connectivity index (χ1n) is 7.90. The van der Waals surface area contributed by atoms with E-state index >= 15 is 0 Å². The van der Waals surface area contributed by atoms with Crippen LogP contribution in [0.1, 0.15) is 48.0 Å². The molecule has 0 N–H and O–H groups in total. The maximum atomic E-state index is 13.2. The average Bonchev–Trinajstić information content (AvgIpc) is 2.45. The number of rotatable bonds is 2. The van der Waals surface area contributed by atoms with Crippen molar-refractivity contribution in [1.82, 2.24) is 4.90 Å². The first-order chi connectivity index (χ1) is 10.8. The van der Waals surface area contributed by atoms with E-state index in [0.717, 1.165) is 31.4 Å². The summed E-state index contributed by atoms with van der Waals surface area (Å²) in [6.45, 7) is 0. The van der Waals surface area contributed by atoms with E-state index in [2.05, 4.69) is 4.90 Å². The van der Waals surface area contributed by atoms with Gasteiger partial charge in [0, 0.05) is 23.6 Å². The Kier molecular flexibility index (Phi) is 4.21. The number of carbonyl (C=O) groups is 1. The van der Waals surface area contributed by atoms with Crippen molar-refractivity contribution in [1.29, 1.82) is 0 Å². The second kappa shape index (κ2) is 5.89. The average molecular weight is 329 g/mol. The number of Topliss-reactive ketones (excluding diaryl/α,β-unsaturated/α-hetero) is 1. The highest BCUT2D eigenvalue weighted by Crippen LogP contribution is 2.39. The van der Waals surface area contributed by atoms with Crippen molar-refractivity contribution in [2.24, 2.45) is 5.92 Å². The lowest BCUT2D eigenvalue weighted by molar-refractivity contribution is -0.138. The van der Waals surface area contributed by atoms with Crippen LogP contribution in [0.25, 0.3) is 0 Å². The third-order valence-electron chi connectivity index (χ3n) is 5.26. The maximum Gasteiger partial charge on any atom is 0.417 e. The Bertz CT molecular complexity index is 599. The van der Waals surface area contributed by atoms with Crippen LogP contribution in [-0.4, -0.2) is 29.8 Å². The summed E-state index contributed by atoms with van der Waals surface area (Å²) in [6, 6.07) is 2.84. The van der Waals surface area contributed by atoms with Crippen LogP contribution in [0.3, 0.4) is 0 Å². The van der Waals surface area contributed by atoms with Gasteiger partial charge in [-0.3, -0.25) is 4.79 Å². The second-order valence-corrected chi connectivity index (χ2v) is 6.62. The number of ketones is 1. The lowest BCUT2D eigenvalue weighted by atomic mass is 9.75. The molecule has 2 aliphatic heterocycles. The summed E-state index contributed by atoms with van der Waals surface area (Å²) < 4.78 is 52.6. The number of alkyl halides is 3. The summed E-state index contributed by atoms with van der Waals surface area (Å²) in [6.07, 6.45) is -0.501. The molecule has 2 unspecified atom stereocenters. The van der Waals surface area contributed by atoms with E-state index in [1.807, 2.05) is 7.05 Å². The van der Waals surface area contributed by atoms with Crippen LogP contribution in [0.5, 0.6) is 0 Å². The van der Waals surface area contributed by atoms with Crippen molar-refractivity contribution in [2.75, 3.05) is 7.05 Å². The molecule has 0 amide bonds. The molecule has 2 bridgehead atoms. The largest absolute Gasteiger partial charge is 0.417 e. The summed E-state index contributed by atoms with van der Waals surface area (Å²) >= 11 is 0. The SMILES string of the molecule is CN1C2CCCC1CC(C(=O)c1ccc(F)cc1C(F)(F)F)C2. The molecule has 6 heteroatoms. The van der Waals surface area contributed by atoms with E-state index in [-0.39, 0.29) is 12.1 Å². The van der Waals surface area contributed by atoms with Crippen molar-refractivity contribution in [3.05, 3.63) is 35.1 Å². The number of carbonyl (C=O) groups excluding carboxylic acids is 1. The molecule has 0 radical (unpaired) electrons. The number of nitrogens with zero attached hydrogens (tertiary/aromatic N) is 1. The minimum absolute atomic E-state index is 0.256. The first-order valence-corrected chi connectivity index (χ1v) is 7.90. The molecule has 0 saturated carbocycles. The molecule has 23 heavy (non-hydrogen) atoms. The molecule has 2 saturated heterocycles. The fraction of sp³-hybridized carbons (Fsp3) is 0.588. The zero-order valence-electron chi connectivity index (χ0n) is 12.9. The lowest BCUT2D eigenvalue weighted by Crippen LogP contribution is -2.51. The minimum atomic E-state index is -4.73. The van der Waals surface area contributed by atoms with Gasteiger partial charge in [0.2, 0.25) is 0 Å². The van der Waals surface area contributed by atoms with E-state index in [1.165, 1.54) is 0 Å². The molecule has 2 heterocycles. The summed E-state index contributed by atoms with van der Waals surface area (Å²) in [5.74, 6) is -1.88. The van der Waals surface area contributed by atoms with E-state index in [9.17, 15) is 22.4 Å². The van der Waals surface area contributed by atoms with Crippen LogP contribution in [0, 0.1) is 11.7 Å². The summed E-state index contributed by atoms with van der Waals surface area (Å²) in [5, 5.41) is 0. The highest BCUT2D eigenvalue weighted by atomic mass is 19.4. The van der Waals surface area contributed by atoms with Crippen molar-refractivity contribution in [3.63, 3.8) is 0 Å². The van der Waals surface area contributed by atoms with Crippen molar-refractivity contribution < 1.29 is 22.4 Å². The molecule has 2 atom stereocenters. The molecule has 126 valence electrons. The van der Waals surface area contributed by atoms with E-state index in [4.69, 9.17) is 0 Å². The summed E-state index contributed by atoms with van der Waals surface area (Å²) in [5.41, 5.74) is -1.56. The number of hydrogen-bond donors (Lipinski definition) is 0. The molecule has 2 nitrogen and oxygen atoms in total. The Morgan fingerprint density at radius 2 is 1.78 bits per heavy atom. The normalized spacial score (nSPS) is 28.7. The predicted octanol–water partition coefficient (Wildman–Crippen LogP) is 4.29. The van der Waals surface area contributed by atoms with E-state index < -0.39 is 34.8 Å². The Labute approximate surface area is 132 Å².